The lowest BCUT2D eigenvalue weighted by Crippen LogP contribution is -2.17. The maximum Gasteiger partial charge on any atom is 0.147 e. The van der Waals surface area contributed by atoms with Crippen molar-refractivity contribution >= 4 is 37.4 Å². The van der Waals surface area contributed by atoms with E-state index >= 15 is 0 Å². The average Bonchev–Trinajstić information content (AvgIpc) is 2.27. The summed E-state index contributed by atoms with van der Waals surface area (Å²) >= 11 is 9.33. The van der Waals surface area contributed by atoms with Gasteiger partial charge in [0.2, 0.25) is 0 Å². The molecule has 0 saturated heterocycles. The molecule has 1 atom stereocenters. The van der Waals surface area contributed by atoms with Gasteiger partial charge in [0.1, 0.15) is 9.84 Å². The monoisotopic (exact) mass is 353 g/mol. The van der Waals surface area contributed by atoms with Gasteiger partial charge < -0.3 is 5.32 Å². The van der Waals surface area contributed by atoms with E-state index in [1.54, 1.807) is 0 Å². The first-order chi connectivity index (χ1) is 8.33. The van der Waals surface area contributed by atoms with Crippen molar-refractivity contribution in [1.29, 1.82) is 0 Å². The predicted molar refractivity (Wildman–Crippen MR) is 79.9 cm³/mol. The van der Waals surface area contributed by atoms with E-state index in [4.69, 9.17) is 11.6 Å². The minimum atomic E-state index is -2.88. The molecule has 0 aliphatic carbocycles. The molecule has 6 heteroatoms. The maximum atomic E-state index is 11.1. The highest BCUT2D eigenvalue weighted by atomic mass is 79.9. The molecule has 3 nitrogen and oxygen atoms in total. The zero-order valence-electron chi connectivity index (χ0n) is 10.4. The number of rotatable bonds is 6. The Labute approximate surface area is 122 Å². The van der Waals surface area contributed by atoms with Gasteiger partial charge in [-0.1, -0.05) is 17.7 Å². The van der Waals surface area contributed by atoms with E-state index in [1.807, 2.05) is 25.2 Å². The average molecular weight is 355 g/mol. The normalized spacial score (nSPS) is 13.6. The van der Waals surface area contributed by atoms with Gasteiger partial charge in [0.05, 0.1) is 5.02 Å². The fourth-order valence-electron chi connectivity index (χ4n) is 1.76. The van der Waals surface area contributed by atoms with Crippen LogP contribution in [0.4, 0.5) is 0 Å². The molecule has 0 spiro atoms. The Morgan fingerprint density at radius 2 is 2.11 bits per heavy atom. The van der Waals surface area contributed by atoms with E-state index in [1.165, 1.54) is 6.26 Å². The third-order valence-corrected chi connectivity index (χ3v) is 4.95. The molecule has 0 amide bonds. The Bertz CT molecular complexity index is 505. The summed E-state index contributed by atoms with van der Waals surface area (Å²) in [4.78, 5) is 0. The molecule has 0 bridgehead atoms. The smallest absolute Gasteiger partial charge is 0.147 e. The first-order valence-electron chi connectivity index (χ1n) is 5.63. The molecule has 0 heterocycles. The molecule has 0 aliphatic heterocycles. The molecule has 0 saturated carbocycles. The molecule has 18 heavy (non-hydrogen) atoms. The van der Waals surface area contributed by atoms with Crippen LogP contribution in [0.2, 0.25) is 5.02 Å². The molecule has 0 aliphatic rings. The van der Waals surface area contributed by atoms with Crippen LogP contribution in [0, 0.1) is 0 Å². The topological polar surface area (TPSA) is 46.2 Å². The fourth-order valence-corrected chi connectivity index (χ4v) is 2.96. The summed E-state index contributed by atoms with van der Waals surface area (Å²) in [5, 5.41) is 3.86. The van der Waals surface area contributed by atoms with Gasteiger partial charge in [0, 0.05) is 22.5 Å². The molecule has 1 rings (SSSR count). The second-order valence-electron chi connectivity index (χ2n) is 4.29. The van der Waals surface area contributed by atoms with E-state index in [-0.39, 0.29) is 11.8 Å². The molecular weight excluding hydrogens is 338 g/mol. The van der Waals surface area contributed by atoms with E-state index < -0.39 is 9.84 Å². The summed E-state index contributed by atoms with van der Waals surface area (Å²) in [6.45, 7) is 0. The number of halogens is 2. The van der Waals surface area contributed by atoms with Gasteiger partial charge >= 0.3 is 0 Å². The van der Waals surface area contributed by atoms with E-state index in [0.29, 0.717) is 11.4 Å². The number of hydrogen-bond donors (Lipinski definition) is 1. The highest BCUT2D eigenvalue weighted by Crippen LogP contribution is 2.27. The maximum absolute atomic E-state index is 11.1. The van der Waals surface area contributed by atoms with Crippen LogP contribution in [0.15, 0.2) is 22.7 Å². The van der Waals surface area contributed by atoms with Crippen LogP contribution in [0.1, 0.15) is 24.4 Å². The number of benzene rings is 1. The molecule has 102 valence electrons. The predicted octanol–water partition coefficient (Wildman–Crippen LogP) is 3.19. The second-order valence-corrected chi connectivity index (χ2v) is 7.81. The highest BCUT2D eigenvalue weighted by Gasteiger charge is 2.12. The molecule has 1 aromatic rings. The third kappa shape index (κ3) is 5.26. The first kappa shape index (κ1) is 16.0. The van der Waals surface area contributed by atoms with Crippen molar-refractivity contribution < 1.29 is 8.42 Å². The van der Waals surface area contributed by atoms with Crippen molar-refractivity contribution in [3.63, 3.8) is 0 Å². The van der Waals surface area contributed by atoms with Crippen molar-refractivity contribution in [1.82, 2.24) is 5.32 Å². The number of sulfone groups is 1. The Balaban J connectivity index is 2.68. The van der Waals surface area contributed by atoms with E-state index in [0.717, 1.165) is 16.5 Å². The number of hydrogen-bond acceptors (Lipinski definition) is 3. The summed E-state index contributed by atoms with van der Waals surface area (Å²) < 4.78 is 23.0. The zero-order chi connectivity index (χ0) is 13.8. The SMILES string of the molecule is CNC(CCCS(C)(=O)=O)c1ccc(Cl)c(Br)c1. The van der Waals surface area contributed by atoms with Gasteiger partial charge in [-0.2, -0.15) is 0 Å². The molecule has 1 unspecified atom stereocenters. The van der Waals surface area contributed by atoms with E-state index in [2.05, 4.69) is 21.2 Å². The van der Waals surface area contributed by atoms with Crippen LogP contribution in [0.25, 0.3) is 0 Å². The summed E-state index contributed by atoms with van der Waals surface area (Å²) in [6.07, 6.45) is 2.68. The standard InChI is InChI=1S/C12H17BrClNO2S/c1-15-12(4-3-7-18(2,16)17)9-5-6-11(14)10(13)8-9/h5-6,8,12,15H,3-4,7H2,1-2H3. The van der Waals surface area contributed by atoms with Crippen molar-refractivity contribution in [2.24, 2.45) is 0 Å². The van der Waals surface area contributed by atoms with Gasteiger partial charge in [0.25, 0.3) is 0 Å². The lowest BCUT2D eigenvalue weighted by atomic mass is 10.0. The molecule has 0 aromatic heterocycles. The van der Waals surface area contributed by atoms with Gasteiger partial charge in [-0.25, -0.2) is 8.42 Å². The van der Waals surface area contributed by atoms with Crippen molar-refractivity contribution in [3.05, 3.63) is 33.3 Å². The van der Waals surface area contributed by atoms with Gasteiger partial charge in [-0.3, -0.25) is 0 Å². The van der Waals surface area contributed by atoms with Gasteiger partial charge in [-0.05, 0) is 53.5 Å². The Kier molecular flexibility index (Phi) is 6.11. The highest BCUT2D eigenvalue weighted by molar-refractivity contribution is 9.10. The summed E-state index contributed by atoms with van der Waals surface area (Å²) in [6, 6.07) is 5.89. The van der Waals surface area contributed by atoms with Crippen molar-refractivity contribution in [2.45, 2.75) is 18.9 Å². The van der Waals surface area contributed by atoms with Crippen LogP contribution in [0.3, 0.4) is 0 Å². The Morgan fingerprint density at radius 3 is 2.61 bits per heavy atom. The first-order valence-corrected chi connectivity index (χ1v) is 8.86. The minimum absolute atomic E-state index is 0.139. The summed E-state index contributed by atoms with van der Waals surface area (Å²) in [5.74, 6) is 0.222. The Morgan fingerprint density at radius 1 is 1.44 bits per heavy atom. The molecule has 1 aromatic carbocycles. The third-order valence-electron chi connectivity index (χ3n) is 2.70. The van der Waals surface area contributed by atoms with E-state index in [9.17, 15) is 8.42 Å². The second kappa shape index (κ2) is 6.89. The molecule has 0 radical (unpaired) electrons. The van der Waals surface area contributed by atoms with Crippen LogP contribution in [-0.4, -0.2) is 27.5 Å². The fraction of sp³-hybridized carbons (Fsp3) is 0.500. The minimum Gasteiger partial charge on any atom is -0.313 e. The number of nitrogens with one attached hydrogen (secondary N) is 1. The lowest BCUT2D eigenvalue weighted by Gasteiger charge is -2.17. The van der Waals surface area contributed by atoms with Gasteiger partial charge in [0.15, 0.2) is 0 Å². The largest absolute Gasteiger partial charge is 0.313 e. The van der Waals surface area contributed by atoms with Gasteiger partial charge in [-0.15, -0.1) is 0 Å². The molecular formula is C12H17BrClNO2S. The van der Waals surface area contributed by atoms with Crippen molar-refractivity contribution in [3.8, 4) is 0 Å². The van der Waals surface area contributed by atoms with Crippen LogP contribution in [-0.2, 0) is 9.84 Å². The van der Waals surface area contributed by atoms with Crippen LogP contribution in [0.5, 0.6) is 0 Å². The molecule has 0 fully saturated rings. The zero-order valence-corrected chi connectivity index (χ0v) is 13.6. The Hall–Kier alpha value is -0.100. The summed E-state index contributed by atoms with van der Waals surface area (Å²) in [7, 11) is -1.01. The molecule has 1 N–H and O–H groups in total. The lowest BCUT2D eigenvalue weighted by molar-refractivity contribution is 0.536. The van der Waals surface area contributed by atoms with Crippen LogP contribution < -0.4 is 5.32 Å². The summed E-state index contributed by atoms with van der Waals surface area (Å²) in [5.41, 5.74) is 1.10. The van der Waals surface area contributed by atoms with Crippen molar-refractivity contribution in [2.75, 3.05) is 19.1 Å². The van der Waals surface area contributed by atoms with Crippen LogP contribution >= 0.6 is 27.5 Å². The quantitative estimate of drug-likeness (QED) is 0.853.